The van der Waals surface area contributed by atoms with Crippen LogP contribution in [0.2, 0.25) is 0 Å². The third kappa shape index (κ3) is 3.36. The molecule has 19 heavy (non-hydrogen) atoms. The van der Waals surface area contributed by atoms with Gasteiger partial charge in [0.15, 0.2) is 0 Å². The lowest BCUT2D eigenvalue weighted by atomic mass is 9.91. The molecular formula is C15H20N2OS. The van der Waals surface area contributed by atoms with Crippen molar-refractivity contribution in [2.75, 3.05) is 6.54 Å². The van der Waals surface area contributed by atoms with Gasteiger partial charge in [-0.1, -0.05) is 20.8 Å². The molecule has 2 rings (SSSR count). The van der Waals surface area contributed by atoms with Gasteiger partial charge in [-0.25, -0.2) is 0 Å². The average molecular weight is 276 g/mol. The van der Waals surface area contributed by atoms with E-state index in [0.717, 1.165) is 29.8 Å². The van der Waals surface area contributed by atoms with Crippen LogP contribution < -0.4 is 0 Å². The van der Waals surface area contributed by atoms with Gasteiger partial charge in [-0.3, -0.25) is 4.79 Å². The van der Waals surface area contributed by atoms with Crippen LogP contribution in [0.5, 0.6) is 0 Å². The Labute approximate surface area is 118 Å². The van der Waals surface area contributed by atoms with Crippen LogP contribution in [0.4, 0.5) is 0 Å². The number of hydrogen-bond acceptors (Lipinski definition) is 3. The highest BCUT2D eigenvalue weighted by molar-refractivity contribution is 7.10. The molecule has 1 amide bonds. The lowest BCUT2D eigenvalue weighted by Gasteiger charge is -2.27. The van der Waals surface area contributed by atoms with E-state index in [0.29, 0.717) is 6.42 Å². The van der Waals surface area contributed by atoms with Gasteiger partial charge in [-0.05, 0) is 35.3 Å². The highest BCUT2D eigenvalue weighted by atomic mass is 32.1. The second-order valence-corrected chi connectivity index (χ2v) is 7.25. The molecule has 1 saturated heterocycles. The minimum absolute atomic E-state index is 0.0245. The van der Waals surface area contributed by atoms with Crippen LogP contribution in [0.25, 0.3) is 0 Å². The number of carbonyl (C=O) groups is 1. The lowest BCUT2D eigenvalue weighted by molar-refractivity contribution is -0.134. The molecule has 0 aliphatic carbocycles. The molecule has 4 heteroatoms. The van der Waals surface area contributed by atoms with E-state index in [-0.39, 0.29) is 17.4 Å². The highest BCUT2D eigenvalue weighted by Crippen LogP contribution is 2.35. The summed E-state index contributed by atoms with van der Waals surface area (Å²) in [4.78, 5) is 15.1. The Morgan fingerprint density at radius 3 is 2.89 bits per heavy atom. The van der Waals surface area contributed by atoms with Gasteiger partial charge in [0.05, 0.1) is 6.04 Å². The molecule has 3 nitrogen and oxygen atoms in total. The van der Waals surface area contributed by atoms with Gasteiger partial charge in [0.1, 0.15) is 10.9 Å². The summed E-state index contributed by atoms with van der Waals surface area (Å²) in [5, 5.41) is 10.9. The van der Waals surface area contributed by atoms with E-state index in [1.807, 2.05) is 16.3 Å². The summed E-state index contributed by atoms with van der Waals surface area (Å²) in [5.74, 6) is 0.236. The number of rotatable bonds is 2. The van der Waals surface area contributed by atoms with Crippen LogP contribution in [-0.2, 0) is 4.79 Å². The molecule has 0 radical (unpaired) electrons. The predicted molar refractivity (Wildman–Crippen MR) is 76.8 cm³/mol. The largest absolute Gasteiger partial charge is 0.336 e. The fourth-order valence-corrected chi connectivity index (χ4v) is 3.30. The summed E-state index contributed by atoms with van der Waals surface area (Å²) in [6, 6.07) is 4.27. The van der Waals surface area contributed by atoms with Gasteiger partial charge in [0, 0.05) is 13.0 Å². The van der Waals surface area contributed by atoms with Crippen molar-refractivity contribution in [2.24, 2.45) is 5.41 Å². The standard InChI is InChI=1S/C15H20N2OS/c1-15(2,3)8-14(18)17-6-4-5-13(17)11-7-12(9-16)19-10-11/h7,10,13H,4-6,8H2,1-3H3. The Bertz CT molecular complexity index is 507. The summed E-state index contributed by atoms with van der Waals surface area (Å²) in [5.41, 5.74) is 1.15. The number of hydrogen-bond donors (Lipinski definition) is 0. The maximum atomic E-state index is 12.4. The fraction of sp³-hybridized carbons (Fsp3) is 0.600. The first-order chi connectivity index (χ1) is 8.90. The molecule has 1 aromatic heterocycles. The number of carbonyl (C=O) groups excluding carboxylic acids is 1. The Hall–Kier alpha value is -1.34. The molecule has 0 spiro atoms. The van der Waals surface area contributed by atoms with Gasteiger partial charge < -0.3 is 4.90 Å². The number of thiophene rings is 1. The van der Waals surface area contributed by atoms with Crippen LogP contribution in [-0.4, -0.2) is 17.4 Å². The first-order valence-electron chi connectivity index (χ1n) is 6.69. The van der Waals surface area contributed by atoms with Gasteiger partial charge in [0.25, 0.3) is 0 Å². The van der Waals surface area contributed by atoms with Crippen molar-refractivity contribution < 1.29 is 4.79 Å². The minimum Gasteiger partial charge on any atom is -0.336 e. The molecular weight excluding hydrogens is 256 g/mol. The zero-order valence-electron chi connectivity index (χ0n) is 11.8. The molecule has 0 N–H and O–H groups in total. The normalized spacial score (nSPS) is 19.5. The van der Waals surface area contributed by atoms with Gasteiger partial charge in [-0.2, -0.15) is 5.26 Å². The first-order valence-corrected chi connectivity index (χ1v) is 7.57. The van der Waals surface area contributed by atoms with E-state index >= 15 is 0 Å². The minimum atomic E-state index is 0.0245. The summed E-state index contributed by atoms with van der Waals surface area (Å²) in [6.45, 7) is 7.12. The van der Waals surface area contributed by atoms with E-state index in [9.17, 15) is 4.79 Å². The maximum absolute atomic E-state index is 12.4. The molecule has 2 heterocycles. The molecule has 102 valence electrons. The third-order valence-electron chi connectivity index (χ3n) is 3.37. The molecule has 0 aromatic carbocycles. The summed E-state index contributed by atoms with van der Waals surface area (Å²) < 4.78 is 0. The molecule has 1 aromatic rings. The first kappa shape index (κ1) is 14.1. The number of likely N-dealkylation sites (tertiary alicyclic amines) is 1. The van der Waals surface area contributed by atoms with E-state index in [2.05, 4.69) is 26.8 Å². The fourth-order valence-electron chi connectivity index (χ4n) is 2.55. The Kier molecular flexibility index (Phi) is 3.96. The van der Waals surface area contributed by atoms with Crippen LogP contribution >= 0.6 is 11.3 Å². The monoisotopic (exact) mass is 276 g/mol. The van der Waals surface area contributed by atoms with E-state index in [1.165, 1.54) is 11.3 Å². The molecule has 1 aliphatic heterocycles. The summed E-state index contributed by atoms with van der Waals surface area (Å²) in [7, 11) is 0. The smallest absolute Gasteiger partial charge is 0.223 e. The Morgan fingerprint density at radius 2 is 2.32 bits per heavy atom. The quantitative estimate of drug-likeness (QED) is 0.826. The average Bonchev–Trinajstić information content (AvgIpc) is 2.95. The van der Waals surface area contributed by atoms with Crippen molar-refractivity contribution in [3.8, 4) is 6.07 Å². The van der Waals surface area contributed by atoms with E-state index < -0.39 is 0 Å². The molecule has 0 saturated carbocycles. The highest BCUT2D eigenvalue weighted by Gasteiger charge is 2.32. The summed E-state index contributed by atoms with van der Waals surface area (Å²) in [6.07, 6.45) is 2.65. The lowest BCUT2D eigenvalue weighted by Crippen LogP contribution is -2.33. The van der Waals surface area contributed by atoms with Crippen LogP contribution in [0, 0.1) is 16.7 Å². The Morgan fingerprint density at radius 1 is 1.58 bits per heavy atom. The summed E-state index contributed by atoms with van der Waals surface area (Å²) >= 11 is 1.46. The number of nitriles is 1. The van der Waals surface area contributed by atoms with Crippen molar-refractivity contribution in [3.63, 3.8) is 0 Å². The van der Waals surface area contributed by atoms with Crippen LogP contribution in [0.1, 0.15) is 56.5 Å². The topological polar surface area (TPSA) is 44.1 Å². The molecule has 1 aliphatic rings. The van der Waals surface area contributed by atoms with Crippen LogP contribution in [0.15, 0.2) is 11.4 Å². The Balaban J connectivity index is 2.13. The second-order valence-electron chi connectivity index (χ2n) is 6.34. The van der Waals surface area contributed by atoms with Crippen LogP contribution in [0.3, 0.4) is 0 Å². The molecule has 1 unspecified atom stereocenters. The number of amides is 1. The van der Waals surface area contributed by atoms with Crippen molar-refractivity contribution in [2.45, 2.75) is 46.1 Å². The predicted octanol–water partition coefficient (Wildman–Crippen LogP) is 3.72. The van der Waals surface area contributed by atoms with Crippen molar-refractivity contribution in [1.82, 2.24) is 4.90 Å². The van der Waals surface area contributed by atoms with Gasteiger partial charge >= 0.3 is 0 Å². The molecule has 1 fully saturated rings. The van der Waals surface area contributed by atoms with E-state index in [4.69, 9.17) is 5.26 Å². The van der Waals surface area contributed by atoms with Gasteiger partial charge in [0.2, 0.25) is 5.91 Å². The third-order valence-corrected chi connectivity index (χ3v) is 4.22. The van der Waals surface area contributed by atoms with Crippen molar-refractivity contribution in [3.05, 3.63) is 21.9 Å². The zero-order chi connectivity index (χ0) is 14.0. The van der Waals surface area contributed by atoms with E-state index in [1.54, 1.807) is 0 Å². The zero-order valence-corrected chi connectivity index (χ0v) is 12.6. The SMILES string of the molecule is CC(C)(C)CC(=O)N1CCCC1c1csc(C#N)c1. The van der Waals surface area contributed by atoms with Crippen molar-refractivity contribution in [1.29, 1.82) is 5.26 Å². The number of nitrogens with zero attached hydrogens (tertiary/aromatic N) is 2. The second kappa shape index (κ2) is 5.34. The molecule has 0 bridgehead atoms. The molecule has 1 atom stereocenters. The van der Waals surface area contributed by atoms with Gasteiger partial charge in [-0.15, -0.1) is 11.3 Å². The maximum Gasteiger partial charge on any atom is 0.223 e. The van der Waals surface area contributed by atoms with Crippen molar-refractivity contribution >= 4 is 17.2 Å².